The summed E-state index contributed by atoms with van der Waals surface area (Å²) in [6, 6.07) is 148. The zero-order valence-corrected chi connectivity index (χ0v) is 73.5. The number of nitriles is 2. The molecule has 19 heteroatoms. The monoisotopic (exact) mass is 1770 g/mol. The molecule has 0 aliphatic carbocycles. The van der Waals surface area contributed by atoms with Crippen LogP contribution in [0.2, 0.25) is 0 Å². The van der Waals surface area contributed by atoms with Crippen molar-refractivity contribution in [1.29, 1.82) is 10.5 Å². The zero-order chi connectivity index (χ0) is 91.9. The average molecular weight is 1770 g/mol. The Morgan fingerprint density at radius 1 is 0.145 bits per heavy atom. The van der Waals surface area contributed by atoms with E-state index in [1.54, 1.807) is 12.1 Å². The highest BCUT2D eigenvalue weighted by molar-refractivity contribution is 6.13. The predicted octanol–water partition coefficient (Wildman–Crippen LogP) is 26.9. The van der Waals surface area contributed by atoms with Crippen LogP contribution in [0.4, 0.5) is 0 Å². The minimum absolute atomic E-state index is 0.326. The second kappa shape index (κ2) is 35.2. The lowest BCUT2D eigenvalue weighted by Gasteiger charge is -2.17. The van der Waals surface area contributed by atoms with E-state index in [4.69, 9.17) is 74.8 Å². The second-order valence-corrected chi connectivity index (χ2v) is 33.3. The average Bonchev–Trinajstić information content (AvgIpc) is 1.56. The van der Waals surface area contributed by atoms with Gasteiger partial charge in [-0.25, -0.2) is 74.8 Å². The highest BCUT2D eigenvalue weighted by atomic mass is 15.1. The number of fused-ring (bicyclic) bond motifs is 6. The fraction of sp³-hybridized carbons (Fsp3) is 0. The summed E-state index contributed by atoms with van der Waals surface area (Å²) < 4.78 is 4.52. The Morgan fingerprint density at radius 2 is 0.333 bits per heavy atom. The fourth-order valence-corrected chi connectivity index (χ4v) is 18.0. The van der Waals surface area contributed by atoms with Crippen molar-refractivity contribution in [1.82, 2.24) is 83.9 Å². The Balaban J connectivity index is 0.731. The SMILES string of the molecule is N#Cc1cccc(-c2ccc(-n3c4ccc(-c5nc(-c6ccccc6)nc(-c6ccccc6)n5)cc4c4cc(-c5nc(-c6ccccc6)nc(-c6ccccc6)n5)ccc43)cc2-c2nc(-c3ccccc3)nc(-c3cc(-n4c5ccc(-c6nc(-c7ccccc7)nc(-c7ccccc7)n6)cc5c5cc(-c6nc(-c7ccccc7)nc(-c7ccccc7)n6)ccc54)ccc3-c3cccc(C#N)c3)n2)c1. The van der Waals surface area contributed by atoms with Gasteiger partial charge in [-0.3, -0.25) is 0 Å². The number of rotatable bonds is 19. The quantitative estimate of drug-likeness (QED) is 0.0729. The lowest BCUT2D eigenvalue weighted by atomic mass is 9.96. The Bertz CT molecular complexity index is 7850. The Labute approximate surface area is 791 Å². The van der Waals surface area contributed by atoms with E-state index in [0.29, 0.717) is 110 Å². The van der Waals surface area contributed by atoms with Gasteiger partial charge in [0.2, 0.25) is 0 Å². The van der Waals surface area contributed by atoms with Crippen molar-refractivity contribution in [3.63, 3.8) is 0 Å². The predicted molar refractivity (Wildman–Crippen MR) is 544 cm³/mol. The number of aromatic nitrogens is 17. The molecule has 0 aliphatic rings. The van der Waals surface area contributed by atoms with E-state index in [1.807, 2.05) is 309 Å². The Kier molecular flexibility index (Phi) is 20.8. The number of benzene rings is 17. The molecule has 0 N–H and O–H groups in total. The molecule has 0 aliphatic heterocycles. The molecule has 0 atom stereocenters. The van der Waals surface area contributed by atoms with E-state index in [9.17, 15) is 10.5 Å². The van der Waals surface area contributed by atoms with E-state index in [0.717, 1.165) is 150 Å². The second-order valence-electron chi connectivity index (χ2n) is 33.3. The van der Waals surface area contributed by atoms with Crippen molar-refractivity contribution >= 4 is 43.6 Å². The first-order chi connectivity index (χ1) is 68.2. The van der Waals surface area contributed by atoms with Gasteiger partial charge in [0, 0.05) is 116 Å². The van der Waals surface area contributed by atoms with E-state index in [2.05, 4.69) is 130 Å². The summed E-state index contributed by atoms with van der Waals surface area (Å²) in [6.07, 6.45) is 0. The van der Waals surface area contributed by atoms with Crippen molar-refractivity contribution in [2.24, 2.45) is 0 Å². The van der Waals surface area contributed by atoms with E-state index >= 15 is 0 Å². The molecule has 0 spiro atoms. The van der Waals surface area contributed by atoms with Gasteiger partial charge >= 0.3 is 0 Å². The maximum atomic E-state index is 10.8. The summed E-state index contributed by atoms with van der Waals surface area (Å²) in [4.78, 5) is 79.5. The molecule has 0 fully saturated rings. The summed E-state index contributed by atoms with van der Waals surface area (Å²) in [5, 5.41) is 25.0. The van der Waals surface area contributed by atoms with Crippen molar-refractivity contribution in [3.05, 3.63) is 442 Å². The highest BCUT2D eigenvalue weighted by Gasteiger charge is 2.28. The van der Waals surface area contributed by atoms with Gasteiger partial charge < -0.3 is 9.13 Å². The molecule has 17 aromatic carbocycles. The third kappa shape index (κ3) is 15.7. The van der Waals surface area contributed by atoms with Crippen LogP contribution in [0.25, 0.3) is 248 Å². The molecular weight excluding hydrogens is 1700 g/mol. The van der Waals surface area contributed by atoms with Crippen LogP contribution < -0.4 is 0 Å². The van der Waals surface area contributed by atoms with Gasteiger partial charge in [-0.15, -0.1) is 0 Å². The maximum absolute atomic E-state index is 10.8. The highest BCUT2D eigenvalue weighted by Crippen LogP contribution is 2.45. The van der Waals surface area contributed by atoms with Crippen LogP contribution in [0.3, 0.4) is 0 Å². The van der Waals surface area contributed by atoms with Crippen LogP contribution >= 0.6 is 0 Å². The van der Waals surface area contributed by atoms with Gasteiger partial charge in [0.25, 0.3) is 0 Å². The van der Waals surface area contributed by atoms with Gasteiger partial charge in [0.05, 0.1) is 45.3 Å². The third-order valence-corrected chi connectivity index (χ3v) is 24.6. The minimum Gasteiger partial charge on any atom is -0.309 e. The van der Waals surface area contributed by atoms with E-state index in [1.165, 1.54) is 0 Å². The molecule has 24 aromatic rings. The molecule has 7 heterocycles. The summed E-state index contributed by atoms with van der Waals surface area (Å²) in [5.41, 5.74) is 20.6. The van der Waals surface area contributed by atoms with E-state index in [-0.39, 0.29) is 0 Å². The van der Waals surface area contributed by atoms with Gasteiger partial charge in [0.15, 0.2) is 87.4 Å². The molecule has 0 amide bonds. The molecule has 24 rings (SSSR count). The summed E-state index contributed by atoms with van der Waals surface area (Å²) in [5.74, 6) is 7.19. The number of hydrogen-bond acceptors (Lipinski definition) is 17. The fourth-order valence-electron chi connectivity index (χ4n) is 18.0. The Morgan fingerprint density at radius 3 is 0.543 bits per heavy atom. The van der Waals surface area contributed by atoms with Crippen LogP contribution in [-0.4, -0.2) is 83.9 Å². The van der Waals surface area contributed by atoms with Gasteiger partial charge in [0.1, 0.15) is 0 Å². The van der Waals surface area contributed by atoms with Gasteiger partial charge in [-0.2, -0.15) is 10.5 Å². The molecule has 642 valence electrons. The molecule has 0 saturated heterocycles. The molecule has 138 heavy (non-hydrogen) atoms. The molecule has 0 saturated carbocycles. The van der Waals surface area contributed by atoms with Crippen LogP contribution in [0.15, 0.2) is 431 Å². The smallest absolute Gasteiger partial charge is 0.164 e. The van der Waals surface area contributed by atoms with Crippen molar-refractivity contribution in [2.45, 2.75) is 0 Å². The molecule has 0 unspecified atom stereocenters. The van der Waals surface area contributed by atoms with Gasteiger partial charge in [-0.05, 0) is 144 Å². The molecule has 19 nitrogen and oxygen atoms in total. The molecule has 0 radical (unpaired) electrons. The Hall–Kier alpha value is -19.6. The van der Waals surface area contributed by atoms with Crippen LogP contribution in [-0.2, 0) is 0 Å². The first-order valence-electron chi connectivity index (χ1n) is 45.0. The van der Waals surface area contributed by atoms with Crippen molar-refractivity contribution in [2.75, 3.05) is 0 Å². The normalized spacial score (nSPS) is 11.3. The van der Waals surface area contributed by atoms with Crippen LogP contribution in [0.1, 0.15) is 11.1 Å². The van der Waals surface area contributed by atoms with Gasteiger partial charge in [-0.1, -0.05) is 309 Å². The number of nitrogens with zero attached hydrogens (tertiary/aromatic N) is 19. The van der Waals surface area contributed by atoms with Crippen LogP contribution in [0, 0.1) is 22.7 Å². The largest absolute Gasteiger partial charge is 0.309 e. The first-order valence-corrected chi connectivity index (χ1v) is 45.0. The summed E-state index contributed by atoms with van der Waals surface area (Å²) in [6.45, 7) is 0. The lowest BCUT2D eigenvalue weighted by molar-refractivity contribution is 1.07. The molecule has 7 aromatic heterocycles. The third-order valence-electron chi connectivity index (χ3n) is 24.6. The first kappa shape index (κ1) is 81.6. The standard InChI is InChI=1S/C119H71N19/c120-72-74-30-28-50-85(64-74)93-58-56-91(137-101-60-52-87(114-126-105(76-32-10-1-11-33-76)122-106(127-114)77-34-12-2-13-35-77)66-95(101)96-67-88(53-61-102(96)137)115-128-107(78-36-14-3-15-37-78)123-108(129-115)79-38-16-4-17-39-79)70-99(93)118-134-113(84-48-26-9-27-49-84)135-119(136-118)100-71-92(57-59-94(100)86-51-29-31-75(65-86)73-121)138-103-62-54-89(116-130-109(80-40-18-5-19-41-80)124-110(131-116)81-42-20-6-21-43-81)68-97(103)98-69-90(55-63-104(98)138)117-132-111(82-44-22-7-23-45-82)125-112(133-117)83-46-24-8-25-47-83/h1-71H. The van der Waals surface area contributed by atoms with Crippen molar-refractivity contribution in [3.8, 4) is 217 Å². The summed E-state index contributed by atoms with van der Waals surface area (Å²) >= 11 is 0. The van der Waals surface area contributed by atoms with E-state index < -0.39 is 0 Å². The summed E-state index contributed by atoms with van der Waals surface area (Å²) in [7, 11) is 0. The van der Waals surface area contributed by atoms with Crippen LogP contribution in [0.5, 0.6) is 0 Å². The zero-order valence-electron chi connectivity index (χ0n) is 73.5. The molecular formula is C119H71N19. The minimum atomic E-state index is 0.326. The number of hydrogen-bond donors (Lipinski definition) is 0. The maximum Gasteiger partial charge on any atom is 0.164 e. The molecule has 0 bridgehead atoms. The lowest BCUT2D eigenvalue weighted by Crippen LogP contribution is -2.04. The van der Waals surface area contributed by atoms with Crippen molar-refractivity contribution < 1.29 is 0 Å². The topological polar surface area (TPSA) is 251 Å².